The second-order valence-corrected chi connectivity index (χ2v) is 13.6. The number of carbonyl (C=O) groups excluding carboxylic acids is 2. The Kier molecular flexibility index (Phi) is 8.78. The zero-order valence-corrected chi connectivity index (χ0v) is 27.3. The number of piperidine rings is 1. The van der Waals surface area contributed by atoms with Gasteiger partial charge in [-0.1, -0.05) is 13.8 Å². The lowest BCUT2D eigenvalue weighted by molar-refractivity contribution is -0.138. The molecule has 1 atom stereocenters. The smallest absolute Gasteiger partial charge is 0.320 e. The van der Waals surface area contributed by atoms with E-state index in [-0.39, 0.29) is 42.3 Å². The molecule has 0 bridgehead atoms. The molecule has 2 aliphatic heterocycles. The largest absolute Gasteiger partial charge is 0.416 e. The van der Waals surface area contributed by atoms with E-state index in [1.165, 1.54) is 11.0 Å². The lowest BCUT2D eigenvalue weighted by atomic mass is 9.58. The molecule has 14 heteroatoms. The van der Waals surface area contributed by atoms with Crippen LogP contribution in [0.5, 0.6) is 0 Å². The highest BCUT2D eigenvalue weighted by molar-refractivity contribution is 6.66. The Labute approximate surface area is 276 Å². The second kappa shape index (κ2) is 12.5. The summed E-state index contributed by atoms with van der Waals surface area (Å²) in [6.07, 6.45) is 0.290. The van der Waals surface area contributed by atoms with Crippen LogP contribution in [0.25, 0.3) is 0 Å². The number of hydrogen-bond donors (Lipinski definition) is 0. The Morgan fingerprint density at radius 2 is 1.96 bits per heavy atom. The van der Waals surface area contributed by atoms with E-state index in [9.17, 15) is 28.0 Å². The van der Waals surface area contributed by atoms with Crippen LogP contribution in [0, 0.1) is 23.2 Å². The van der Waals surface area contributed by atoms with Crippen molar-refractivity contribution in [1.82, 2.24) is 24.6 Å². The first-order valence-corrected chi connectivity index (χ1v) is 16.2. The number of alkyl halides is 3. The predicted octanol–water partition coefficient (Wildman–Crippen LogP) is 6.42. The zero-order valence-electron chi connectivity index (χ0n) is 26.5. The van der Waals surface area contributed by atoms with Crippen molar-refractivity contribution in [2.45, 2.75) is 70.6 Å². The van der Waals surface area contributed by atoms with Crippen LogP contribution in [-0.4, -0.2) is 55.6 Å². The Morgan fingerprint density at radius 1 is 1.19 bits per heavy atom. The second-order valence-electron chi connectivity index (χ2n) is 13.3. The Morgan fingerprint density at radius 3 is 2.57 bits per heavy atom. The van der Waals surface area contributed by atoms with Crippen LogP contribution in [0.3, 0.4) is 0 Å². The number of fused-ring (bicyclic) bond motifs is 1. The van der Waals surface area contributed by atoms with Crippen molar-refractivity contribution in [3.8, 4) is 6.07 Å². The van der Waals surface area contributed by atoms with Gasteiger partial charge in [0.25, 0.3) is 5.91 Å². The van der Waals surface area contributed by atoms with Gasteiger partial charge in [-0.05, 0) is 96.6 Å². The van der Waals surface area contributed by atoms with Gasteiger partial charge in [0.1, 0.15) is 23.8 Å². The predicted molar refractivity (Wildman–Crippen MR) is 169 cm³/mol. The number of rotatable bonds is 8. The maximum absolute atomic E-state index is 14.5. The summed E-state index contributed by atoms with van der Waals surface area (Å²) in [5, 5.41) is 16.8. The summed E-state index contributed by atoms with van der Waals surface area (Å²) in [4.78, 5) is 35.8. The first-order valence-electron chi connectivity index (χ1n) is 15.8. The molecule has 0 radical (unpaired) electrons. The van der Waals surface area contributed by atoms with Gasteiger partial charge in [-0.2, -0.15) is 18.4 Å². The monoisotopic (exact) mass is 668 g/mol. The number of hydrogen-bond acceptors (Lipinski definition) is 7. The summed E-state index contributed by atoms with van der Waals surface area (Å²) in [6.45, 7) is 5.70. The van der Waals surface area contributed by atoms with Crippen LogP contribution in [0.15, 0.2) is 30.6 Å². The number of halogens is 4. The first kappa shape index (κ1) is 32.9. The van der Waals surface area contributed by atoms with E-state index in [2.05, 4.69) is 33.9 Å². The average Bonchev–Trinajstić information content (AvgIpc) is 3.57. The molecule has 2 aromatic heterocycles. The van der Waals surface area contributed by atoms with Gasteiger partial charge in [0.2, 0.25) is 0 Å². The fourth-order valence-corrected chi connectivity index (χ4v) is 7.76. The van der Waals surface area contributed by atoms with Gasteiger partial charge >= 0.3 is 11.5 Å². The minimum absolute atomic E-state index is 0.0105. The summed E-state index contributed by atoms with van der Waals surface area (Å²) >= 11 is 5.97. The van der Waals surface area contributed by atoms with Gasteiger partial charge < -0.3 is 4.57 Å². The first-order chi connectivity index (χ1) is 22.3. The average molecular weight is 669 g/mol. The number of likely N-dealkylation sites (tertiary alicyclic amines) is 1. The molecule has 0 unspecified atom stereocenters. The molecular weight excluding hydrogens is 633 g/mol. The third-order valence-electron chi connectivity index (χ3n) is 9.65. The Hall–Kier alpha value is -4.02. The van der Waals surface area contributed by atoms with Crippen LogP contribution >= 0.6 is 11.6 Å². The molecule has 6 rings (SSSR count). The lowest BCUT2D eigenvalue weighted by Crippen LogP contribution is -2.43. The molecule has 2 amide bonds. The highest BCUT2D eigenvalue weighted by atomic mass is 35.5. The number of nitriles is 1. The topological polar surface area (TPSA) is 111 Å². The molecule has 1 saturated heterocycles. The van der Waals surface area contributed by atoms with Gasteiger partial charge in [0.15, 0.2) is 0 Å². The van der Waals surface area contributed by atoms with Crippen LogP contribution in [0.1, 0.15) is 84.4 Å². The van der Waals surface area contributed by atoms with Gasteiger partial charge in [-0.25, -0.2) is 4.98 Å². The summed E-state index contributed by atoms with van der Waals surface area (Å²) < 4.78 is 45.4. The van der Waals surface area contributed by atoms with Crippen LogP contribution in [0.4, 0.5) is 29.6 Å². The van der Waals surface area contributed by atoms with Crippen molar-refractivity contribution < 1.29 is 22.8 Å². The molecule has 0 N–H and O–H groups in total. The normalized spacial score (nSPS) is 22.9. The third-order valence-corrected chi connectivity index (χ3v) is 9.85. The molecule has 1 saturated carbocycles. The summed E-state index contributed by atoms with van der Waals surface area (Å²) in [7, 11) is 1.83. The third kappa shape index (κ3) is 6.21. The van der Waals surface area contributed by atoms with E-state index >= 15 is 0 Å². The number of anilines is 2. The van der Waals surface area contributed by atoms with Crippen molar-refractivity contribution in [3.05, 3.63) is 64.2 Å². The number of aromatic nitrogens is 4. The molecule has 3 aromatic rings. The molecule has 4 heterocycles. The molecule has 1 aromatic carbocycles. The Balaban J connectivity index is 1.45. The maximum Gasteiger partial charge on any atom is 0.416 e. The molecular formula is C33H36ClF3N8O2. The van der Waals surface area contributed by atoms with Gasteiger partial charge in [0, 0.05) is 32.2 Å². The fourth-order valence-electron chi connectivity index (χ4n) is 7.59. The van der Waals surface area contributed by atoms with Crippen molar-refractivity contribution in [3.63, 3.8) is 0 Å². The van der Waals surface area contributed by atoms with Gasteiger partial charge in [-0.15, -0.1) is 10.2 Å². The molecule has 10 nitrogen and oxygen atoms in total. The van der Waals surface area contributed by atoms with Gasteiger partial charge in [-0.3, -0.25) is 24.3 Å². The number of nitrogens with zero attached hydrogens (tertiary/aromatic N) is 8. The van der Waals surface area contributed by atoms with Crippen LogP contribution in [0.2, 0.25) is 0 Å². The SMILES string of the molecule is CC1CC(c2cc(N(CCC#N)C(=O)Cl)nc(N3Cc4c(cc(CN5CCC[C@H](C)C5)cc4C(F)(F)F)C3=O)c2)(c2nncn2C)C1. The van der Waals surface area contributed by atoms with Gasteiger partial charge in [0.05, 0.1) is 30.0 Å². The molecule has 248 valence electrons. The molecule has 3 aliphatic rings. The van der Waals surface area contributed by atoms with Crippen molar-refractivity contribution in [2.75, 3.05) is 29.4 Å². The van der Waals surface area contributed by atoms with Crippen molar-refractivity contribution in [1.29, 1.82) is 5.26 Å². The number of benzene rings is 1. The summed E-state index contributed by atoms with van der Waals surface area (Å²) in [6, 6.07) is 8.12. The Bertz CT molecular complexity index is 1750. The summed E-state index contributed by atoms with van der Waals surface area (Å²) in [5.41, 5.74) is -0.504. The highest BCUT2D eigenvalue weighted by Crippen LogP contribution is 2.52. The minimum atomic E-state index is -4.68. The number of pyridine rings is 1. The minimum Gasteiger partial charge on any atom is -0.320 e. The molecule has 47 heavy (non-hydrogen) atoms. The molecule has 1 aliphatic carbocycles. The van der Waals surface area contributed by atoms with E-state index < -0.39 is 28.4 Å². The van der Waals surface area contributed by atoms with E-state index in [0.29, 0.717) is 48.2 Å². The van der Waals surface area contributed by atoms with Crippen molar-refractivity contribution in [2.24, 2.45) is 18.9 Å². The van der Waals surface area contributed by atoms with Crippen LogP contribution < -0.4 is 9.80 Å². The standard InChI is InChI=1S/C33H36ClF3N8O2/c1-20-6-4-8-43(16-20)17-22-10-24-25(26(11-22)33(35,36)37)18-45(29(24)46)28-13-23(12-27(40-28)44(31(34)47)9-5-7-38)32(14-21(2)15-32)30-41-39-19-42(30)3/h10-13,19-21H,4-6,8-9,14-18H2,1-3H3/t20-,21?,32?/m0/s1. The molecule has 2 fully saturated rings. The van der Waals surface area contributed by atoms with E-state index in [1.807, 2.05) is 17.7 Å². The number of aryl methyl sites for hydroxylation is 1. The number of amides is 2. The summed E-state index contributed by atoms with van der Waals surface area (Å²) in [5.74, 6) is 1.01. The fraction of sp³-hybridized carbons (Fsp3) is 0.515. The van der Waals surface area contributed by atoms with E-state index in [1.54, 1.807) is 24.5 Å². The highest BCUT2D eigenvalue weighted by Gasteiger charge is 2.49. The number of carbonyl (C=O) groups is 2. The zero-order chi connectivity index (χ0) is 33.7. The lowest BCUT2D eigenvalue weighted by Gasteiger charge is -2.46. The van der Waals surface area contributed by atoms with Crippen LogP contribution in [-0.2, 0) is 31.7 Å². The molecule has 0 spiro atoms. The van der Waals surface area contributed by atoms with E-state index in [4.69, 9.17) is 11.6 Å². The van der Waals surface area contributed by atoms with E-state index in [0.717, 1.165) is 30.8 Å². The quantitative estimate of drug-likeness (QED) is 0.201. The maximum atomic E-state index is 14.5. The van der Waals surface area contributed by atoms with Crippen molar-refractivity contribution >= 4 is 34.5 Å².